The molecule has 0 saturated heterocycles. The lowest BCUT2D eigenvalue weighted by molar-refractivity contribution is 0.300. The number of hydrogen-bond acceptors (Lipinski definition) is 2. The topological polar surface area (TPSA) is 35.2 Å². The average Bonchev–Trinajstić information content (AvgIpc) is 2.45. The van der Waals surface area contributed by atoms with Gasteiger partial charge in [0.2, 0.25) is 0 Å². The summed E-state index contributed by atoms with van der Waals surface area (Å²) < 4.78 is 6.95. The standard InChI is InChI=1S/C18H30BrNO/c1-3-4-5-6-7-8-9-10-13-21-18-14-16(19)11-12-17(18)15(2)20/h11-12,14-15H,3-10,13,20H2,1-2H3/t15-/m0/s1. The molecule has 0 amide bonds. The van der Waals surface area contributed by atoms with E-state index in [0.717, 1.165) is 28.8 Å². The largest absolute Gasteiger partial charge is 0.493 e. The van der Waals surface area contributed by atoms with Crippen LogP contribution in [0.2, 0.25) is 0 Å². The van der Waals surface area contributed by atoms with Crippen molar-refractivity contribution in [2.24, 2.45) is 5.73 Å². The molecule has 0 radical (unpaired) electrons. The minimum Gasteiger partial charge on any atom is -0.493 e. The van der Waals surface area contributed by atoms with Crippen molar-refractivity contribution in [2.45, 2.75) is 71.3 Å². The highest BCUT2D eigenvalue weighted by Gasteiger charge is 2.08. The summed E-state index contributed by atoms with van der Waals surface area (Å²) in [6.45, 7) is 5.03. The lowest BCUT2D eigenvalue weighted by Crippen LogP contribution is -2.08. The quantitative estimate of drug-likeness (QED) is 0.494. The Morgan fingerprint density at radius 3 is 2.29 bits per heavy atom. The van der Waals surface area contributed by atoms with Gasteiger partial charge in [0, 0.05) is 16.1 Å². The van der Waals surface area contributed by atoms with E-state index >= 15 is 0 Å². The van der Waals surface area contributed by atoms with Gasteiger partial charge in [0.25, 0.3) is 0 Å². The second-order valence-electron chi connectivity index (χ2n) is 5.79. The maximum atomic E-state index is 5.98. The minimum atomic E-state index is 0.00617. The summed E-state index contributed by atoms with van der Waals surface area (Å²) in [6.07, 6.45) is 10.5. The van der Waals surface area contributed by atoms with E-state index in [9.17, 15) is 0 Å². The predicted octanol–water partition coefficient (Wildman–Crippen LogP) is 5.99. The SMILES string of the molecule is CCCCCCCCCCOc1cc(Br)ccc1[C@H](C)N. The fourth-order valence-electron chi connectivity index (χ4n) is 2.43. The molecule has 1 aromatic rings. The zero-order valence-electron chi connectivity index (χ0n) is 13.5. The summed E-state index contributed by atoms with van der Waals surface area (Å²) in [5.41, 5.74) is 7.06. The normalized spacial score (nSPS) is 12.4. The summed E-state index contributed by atoms with van der Waals surface area (Å²) in [5, 5.41) is 0. The highest BCUT2D eigenvalue weighted by atomic mass is 79.9. The van der Waals surface area contributed by atoms with Crippen LogP contribution in [-0.2, 0) is 0 Å². The maximum Gasteiger partial charge on any atom is 0.125 e. The molecule has 21 heavy (non-hydrogen) atoms. The Balaban J connectivity index is 2.19. The third-order valence-corrected chi connectivity index (χ3v) is 4.21. The molecule has 0 aliphatic rings. The van der Waals surface area contributed by atoms with E-state index < -0.39 is 0 Å². The molecule has 0 heterocycles. The van der Waals surface area contributed by atoms with E-state index in [-0.39, 0.29) is 6.04 Å². The molecule has 0 aromatic heterocycles. The number of benzene rings is 1. The van der Waals surface area contributed by atoms with Crippen LogP contribution in [-0.4, -0.2) is 6.61 Å². The van der Waals surface area contributed by atoms with Crippen molar-refractivity contribution in [1.29, 1.82) is 0 Å². The van der Waals surface area contributed by atoms with Crippen LogP contribution in [0.1, 0.15) is 76.8 Å². The van der Waals surface area contributed by atoms with Gasteiger partial charge in [-0.3, -0.25) is 0 Å². The van der Waals surface area contributed by atoms with Crippen LogP contribution >= 0.6 is 15.9 Å². The van der Waals surface area contributed by atoms with E-state index in [1.807, 2.05) is 25.1 Å². The third-order valence-electron chi connectivity index (χ3n) is 3.72. The number of hydrogen-bond donors (Lipinski definition) is 1. The van der Waals surface area contributed by atoms with Gasteiger partial charge in [0.15, 0.2) is 0 Å². The van der Waals surface area contributed by atoms with Crippen LogP contribution in [0.15, 0.2) is 22.7 Å². The summed E-state index contributed by atoms with van der Waals surface area (Å²) >= 11 is 3.49. The Morgan fingerprint density at radius 1 is 1.05 bits per heavy atom. The van der Waals surface area contributed by atoms with Gasteiger partial charge in [-0.1, -0.05) is 73.9 Å². The van der Waals surface area contributed by atoms with Gasteiger partial charge >= 0.3 is 0 Å². The van der Waals surface area contributed by atoms with E-state index in [1.54, 1.807) is 0 Å². The van der Waals surface area contributed by atoms with Crippen LogP contribution in [0.5, 0.6) is 5.75 Å². The summed E-state index contributed by atoms with van der Waals surface area (Å²) in [5.74, 6) is 0.919. The van der Waals surface area contributed by atoms with E-state index in [2.05, 4.69) is 22.9 Å². The van der Waals surface area contributed by atoms with Crippen molar-refractivity contribution in [3.05, 3.63) is 28.2 Å². The van der Waals surface area contributed by atoms with Crippen LogP contribution in [0, 0.1) is 0 Å². The lowest BCUT2D eigenvalue weighted by Gasteiger charge is -2.14. The highest BCUT2D eigenvalue weighted by molar-refractivity contribution is 9.10. The van der Waals surface area contributed by atoms with Gasteiger partial charge in [-0.25, -0.2) is 0 Å². The molecule has 0 bridgehead atoms. The lowest BCUT2D eigenvalue weighted by atomic mass is 10.1. The fourth-order valence-corrected chi connectivity index (χ4v) is 2.77. The molecule has 1 aromatic carbocycles. The molecular weight excluding hydrogens is 326 g/mol. The van der Waals surface area contributed by atoms with Gasteiger partial charge in [-0.15, -0.1) is 0 Å². The van der Waals surface area contributed by atoms with Crippen molar-refractivity contribution >= 4 is 15.9 Å². The number of unbranched alkanes of at least 4 members (excludes halogenated alkanes) is 7. The molecule has 0 unspecified atom stereocenters. The average molecular weight is 356 g/mol. The fraction of sp³-hybridized carbons (Fsp3) is 0.667. The van der Waals surface area contributed by atoms with Crippen molar-refractivity contribution in [3.63, 3.8) is 0 Å². The molecule has 2 N–H and O–H groups in total. The highest BCUT2D eigenvalue weighted by Crippen LogP contribution is 2.27. The van der Waals surface area contributed by atoms with Crippen LogP contribution in [0.3, 0.4) is 0 Å². The summed E-state index contributed by atoms with van der Waals surface area (Å²) in [7, 11) is 0. The first-order chi connectivity index (χ1) is 10.1. The van der Waals surface area contributed by atoms with Gasteiger partial charge < -0.3 is 10.5 Å². The van der Waals surface area contributed by atoms with Crippen molar-refractivity contribution < 1.29 is 4.74 Å². The molecule has 0 fully saturated rings. The smallest absolute Gasteiger partial charge is 0.125 e. The molecule has 1 rings (SSSR count). The molecule has 0 spiro atoms. The molecule has 3 heteroatoms. The molecular formula is C18H30BrNO. The molecule has 2 nitrogen and oxygen atoms in total. The predicted molar refractivity (Wildman–Crippen MR) is 94.8 cm³/mol. The first-order valence-corrected chi connectivity index (χ1v) is 9.12. The first-order valence-electron chi connectivity index (χ1n) is 8.33. The van der Waals surface area contributed by atoms with Gasteiger partial charge in [-0.05, 0) is 25.5 Å². The molecule has 1 atom stereocenters. The number of ether oxygens (including phenoxy) is 1. The monoisotopic (exact) mass is 355 g/mol. The van der Waals surface area contributed by atoms with Gasteiger partial charge in [0.05, 0.1) is 6.61 Å². The van der Waals surface area contributed by atoms with Crippen molar-refractivity contribution in [2.75, 3.05) is 6.61 Å². The van der Waals surface area contributed by atoms with Gasteiger partial charge in [-0.2, -0.15) is 0 Å². The van der Waals surface area contributed by atoms with E-state index in [4.69, 9.17) is 10.5 Å². The number of rotatable bonds is 11. The first kappa shape index (κ1) is 18.5. The minimum absolute atomic E-state index is 0.00617. The van der Waals surface area contributed by atoms with E-state index in [1.165, 1.54) is 44.9 Å². The van der Waals surface area contributed by atoms with Crippen molar-refractivity contribution in [3.8, 4) is 5.75 Å². The molecule has 0 aliphatic carbocycles. The third kappa shape index (κ3) is 7.87. The number of halogens is 1. The van der Waals surface area contributed by atoms with Gasteiger partial charge in [0.1, 0.15) is 5.75 Å². The Kier molecular flexibility index (Phi) is 9.77. The van der Waals surface area contributed by atoms with Crippen LogP contribution in [0.4, 0.5) is 0 Å². The second kappa shape index (κ2) is 11.1. The van der Waals surface area contributed by atoms with E-state index in [0.29, 0.717) is 0 Å². The van der Waals surface area contributed by atoms with Crippen LogP contribution in [0.25, 0.3) is 0 Å². The number of nitrogens with two attached hydrogens (primary N) is 1. The Bertz CT molecular complexity index is 393. The zero-order chi connectivity index (χ0) is 15.5. The Morgan fingerprint density at radius 2 is 1.67 bits per heavy atom. The Hall–Kier alpha value is -0.540. The Labute approximate surface area is 138 Å². The summed E-state index contributed by atoms with van der Waals surface area (Å²) in [6, 6.07) is 6.08. The molecule has 0 saturated carbocycles. The maximum absolute atomic E-state index is 5.98. The van der Waals surface area contributed by atoms with Crippen molar-refractivity contribution in [1.82, 2.24) is 0 Å². The zero-order valence-corrected chi connectivity index (χ0v) is 15.1. The molecule has 120 valence electrons. The summed E-state index contributed by atoms with van der Waals surface area (Å²) in [4.78, 5) is 0. The molecule has 0 aliphatic heterocycles. The van der Waals surface area contributed by atoms with Crippen LogP contribution < -0.4 is 10.5 Å². The second-order valence-corrected chi connectivity index (χ2v) is 6.71.